The molecular formula is C24H31N5O4. The standard InChI is InChI=1S/C24H31N5O4/c1-7-32-18-8-10-19(11-9-18)33-17(5)24(31)27-26-21(30)13-12-20-14(2)22-16(4)28-29(6)23(22)25-15(20)3/h8-11,17H,7,12-13H2,1-6H3,(H,26,30)(H,27,31)/t17-/m1/s1. The summed E-state index contributed by atoms with van der Waals surface area (Å²) in [6.45, 7) is 10.0. The molecular weight excluding hydrogens is 422 g/mol. The Morgan fingerprint density at radius 2 is 1.73 bits per heavy atom. The van der Waals surface area contributed by atoms with Crippen molar-refractivity contribution in [1.82, 2.24) is 25.6 Å². The van der Waals surface area contributed by atoms with E-state index in [4.69, 9.17) is 9.47 Å². The number of aromatic nitrogens is 3. The summed E-state index contributed by atoms with van der Waals surface area (Å²) < 4.78 is 12.8. The van der Waals surface area contributed by atoms with E-state index < -0.39 is 12.0 Å². The number of carbonyl (C=O) groups is 2. The quantitative estimate of drug-likeness (QED) is 0.508. The van der Waals surface area contributed by atoms with Crippen molar-refractivity contribution in [3.05, 3.63) is 46.8 Å². The first kappa shape index (κ1) is 24.0. The lowest BCUT2D eigenvalue weighted by atomic mass is 9.99. The predicted octanol–water partition coefficient (Wildman–Crippen LogP) is 2.84. The number of nitrogens with zero attached hydrogens (tertiary/aromatic N) is 3. The van der Waals surface area contributed by atoms with Gasteiger partial charge in [0.1, 0.15) is 11.5 Å². The number of carbonyl (C=O) groups excluding carboxylic acids is 2. The summed E-state index contributed by atoms with van der Waals surface area (Å²) >= 11 is 0. The zero-order valence-electron chi connectivity index (χ0n) is 20.0. The number of fused-ring (bicyclic) bond motifs is 1. The summed E-state index contributed by atoms with van der Waals surface area (Å²) in [5.74, 6) is 0.525. The van der Waals surface area contributed by atoms with Crippen molar-refractivity contribution in [2.45, 2.75) is 53.6 Å². The highest BCUT2D eigenvalue weighted by Gasteiger charge is 2.18. The van der Waals surface area contributed by atoms with Gasteiger partial charge in [0, 0.05) is 24.5 Å². The molecule has 1 aromatic carbocycles. The third-order valence-electron chi connectivity index (χ3n) is 5.47. The second-order valence-electron chi connectivity index (χ2n) is 7.91. The average molecular weight is 454 g/mol. The molecule has 0 saturated carbocycles. The lowest BCUT2D eigenvalue weighted by Crippen LogP contribution is -2.47. The van der Waals surface area contributed by atoms with Crippen molar-refractivity contribution in [3.63, 3.8) is 0 Å². The number of hydrogen-bond donors (Lipinski definition) is 2. The van der Waals surface area contributed by atoms with Crippen molar-refractivity contribution >= 4 is 22.8 Å². The number of hydrogen-bond acceptors (Lipinski definition) is 6. The summed E-state index contributed by atoms with van der Waals surface area (Å²) in [6, 6.07) is 7.00. The normalized spacial score (nSPS) is 11.8. The van der Waals surface area contributed by atoms with Gasteiger partial charge in [-0.05, 0) is 76.4 Å². The molecule has 2 N–H and O–H groups in total. The van der Waals surface area contributed by atoms with Gasteiger partial charge in [0.25, 0.3) is 5.91 Å². The number of aryl methyl sites for hydroxylation is 4. The summed E-state index contributed by atoms with van der Waals surface area (Å²) in [5.41, 5.74) is 9.61. The predicted molar refractivity (Wildman–Crippen MR) is 125 cm³/mol. The van der Waals surface area contributed by atoms with Gasteiger partial charge in [-0.3, -0.25) is 25.1 Å². The molecule has 2 aromatic heterocycles. The van der Waals surface area contributed by atoms with E-state index in [-0.39, 0.29) is 12.3 Å². The van der Waals surface area contributed by atoms with Crippen LogP contribution in [0.5, 0.6) is 11.5 Å². The van der Waals surface area contributed by atoms with Crippen LogP contribution >= 0.6 is 0 Å². The Morgan fingerprint density at radius 3 is 2.39 bits per heavy atom. The third kappa shape index (κ3) is 5.60. The molecule has 1 atom stereocenters. The van der Waals surface area contributed by atoms with E-state index in [9.17, 15) is 9.59 Å². The lowest BCUT2D eigenvalue weighted by Gasteiger charge is -2.16. The van der Waals surface area contributed by atoms with Crippen LogP contribution in [-0.2, 0) is 23.1 Å². The van der Waals surface area contributed by atoms with Crippen LogP contribution in [0.1, 0.15) is 42.8 Å². The van der Waals surface area contributed by atoms with Crippen LogP contribution in [0.4, 0.5) is 0 Å². The number of hydrazine groups is 1. The van der Waals surface area contributed by atoms with E-state index in [2.05, 4.69) is 20.9 Å². The molecule has 176 valence electrons. The molecule has 3 rings (SSSR count). The zero-order chi connectivity index (χ0) is 24.1. The van der Waals surface area contributed by atoms with Crippen LogP contribution in [0, 0.1) is 20.8 Å². The second-order valence-corrected chi connectivity index (χ2v) is 7.91. The lowest BCUT2D eigenvalue weighted by molar-refractivity contribution is -0.132. The number of rotatable bonds is 8. The third-order valence-corrected chi connectivity index (χ3v) is 5.47. The molecule has 0 spiro atoms. The number of nitrogens with one attached hydrogen (secondary N) is 2. The van der Waals surface area contributed by atoms with Crippen molar-refractivity contribution in [1.29, 1.82) is 0 Å². The largest absolute Gasteiger partial charge is 0.494 e. The van der Waals surface area contributed by atoms with E-state index in [1.165, 1.54) is 0 Å². The van der Waals surface area contributed by atoms with Gasteiger partial charge in [-0.1, -0.05) is 0 Å². The molecule has 33 heavy (non-hydrogen) atoms. The maximum atomic E-state index is 12.3. The molecule has 2 amide bonds. The first-order chi connectivity index (χ1) is 15.7. The minimum Gasteiger partial charge on any atom is -0.494 e. The van der Waals surface area contributed by atoms with E-state index in [0.717, 1.165) is 39.3 Å². The van der Waals surface area contributed by atoms with Gasteiger partial charge in [-0.2, -0.15) is 5.10 Å². The number of amides is 2. The van der Waals surface area contributed by atoms with Gasteiger partial charge in [-0.15, -0.1) is 0 Å². The summed E-state index contributed by atoms with van der Waals surface area (Å²) in [4.78, 5) is 29.3. The van der Waals surface area contributed by atoms with Crippen LogP contribution in [0.25, 0.3) is 11.0 Å². The van der Waals surface area contributed by atoms with E-state index >= 15 is 0 Å². The molecule has 0 radical (unpaired) electrons. The van der Waals surface area contributed by atoms with Crippen LogP contribution in [-0.4, -0.2) is 39.3 Å². The summed E-state index contributed by atoms with van der Waals surface area (Å²) in [5, 5.41) is 5.47. The molecule has 9 nitrogen and oxygen atoms in total. The molecule has 3 aromatic rings. The SMILES string of the molecule is CCOc1ccc(O[C@H](C)C(=O)NNC(=O)CCc2c(C)nc3c(c(C)nn3C)c2C)cc1. The van der Waals surface area contributed by atoms with Crippen molar-refractivity contribution in [2.24, 2.45) is 7.05 Å². The maximum Gasteiger partial charge on any atom is 0.279 e. The van der Waals surface area contributed by atoms with E-state index in [1.54, 1.807) is 35.9 Å². The fourth-order valence-electron chi connectivity index (χ4n) is 3.80. The van der Waals surface area contributed by atoms with E-state index in [1.807, 2.05) is 34.7 Å². The number of pyridine rings is 1. The average Bonchev–Trinajstić information content (AvgIpc) is 3.06. The van der Waals surface area contributed by atoms with Gasteiger partial charge < -0.3 is 9.47 Å². The molecule has 0 unspecified atom stereocenters. The molecule has 0 aliphatic carbocycles. The van der Waals surface area contributed by atoms with Crippen LogP contribution in [0.15, 0.2) is 24.3 Å². The zero-order valence-corrected chi connectivity index (χ0v) is 20.0. The highest BCUT2D eigenvalue weighted by atomic mass is 16.5. The molecule has 0 aliphatic rings. The van der Waals surface area contributed by atoms with Crippen LogP contribution in [0.3, 0.4) is 0 Å². The van der Waals surface area contributed by atoms with Crippen molar-refractivity contribution in [2.75, 3.05) is 6.61 Å². The van der Waals surface area contributed by atoms with E-state index in [0.29, 0.717) is 18.8 Å². The van der Waals surface area contributed by atoms with Gasteiger partial charge in [0.2, 0.25) is 5.91 Å². The van der Waals surface area contributed by atoms with Gasteiger partial charge in [-0.25, -0.2) is 4.98 Å². The van der Waals surface area contributed by atoms with Crippen molar-refractivity contribution in [3.8, 4) is 11.5 Å². The molecule has 2 heterocycles. The molecule has 0 fully saturated rings. The van der Waals surface area contributed by atoms with Crippen molar-refractivity contribution < 1.29 is 19.1 Å². The fourth-order valence-corrected chi connectivity index (χ4v) is 3.80. The van der Waals surface area contributed by atoms with Crippen LogP contribution in [0.2, 0.25) is 0 Å². The Balaban J connectivity index is 1.52. The molecule has 9 heteroatoms. The second kappa shape index (κ2) is 10.3. The smallest absolute Gasteiger partial charge is 0.279 e. The summed E-state index contributed by atoms with van der Waals surface area (Å²) in [7, 11) is 1.87. The highest BCUT2D eigenvalue weighted by molar-refractivity contribution is 5.85. The Labute approximate surface area is 193 Å². The monoisotopic (exact) mass is 453 g/mol. The highest BCUT2D eigenvalue weighted by Crippen LogP contribution is 2.26. The Morgan fingerprint density at radius 1 is 1.06 bits per heavy atom. The molecule has 0 saturated heterocycles. The number of benzene rings is 1. The minimum atomic E-state index is -0.784. The summed E-state index contributed by atoms with van der Waals surface area (Å²) in [6.07, 6.45) is -0.0647. The van der Waals surface area contributed by atoms with Crippen LogP contribution < -0.4 is 20.3 Å². The fraction of sp³-hybridized carbons (Fsp3) is 0.417. The van der Waals surface area contributed by atoms with Gasteiger partial charge in [0.15, 0.2) is 11.8 Å². The topological polar surface area (TPSA) is 107 Å². The minimum absolute atomic E-state index is 0.211. The molecule has 0 bridgehead atoms. The van der Waals surface area contributed by atoms with Gasteiger partial charge >= 0.3 is 0 Å². The van der Waals surface area contributed by atoms with Gasteiger partial charge in [0.05, 0.1) is 12.3 Å². The Bertz CT molecular complexity index is 1150. The molecule has 0 aliphatic heterocycles. The Hall–Kier alpha value is -3.62. The number of ether oxygens (including phenoxy) is 2. The first-order valence-electron chi connectivity index (χ1n) is 11.0. The first-order valence-corrected chi connectivity index (χ1v) is 11.0. The Kier molecular flexibility index (Phi) is 7.52. The maximum absolute atomic E-state index is 12.3.